The van der Waals surface area contributed by atoms with Crippen molar-refractivity contribution in [3.8, 4) is 0 Å². The molecule has 78 valence electrons. The van der Waals surface area contributed by atoms with Crippen LogP contribution in [0.2, 0.25) is 0 Å². The predicted octanol–water partition coefficient (Wildman–Crippen LogP) is 2.55. The number of rotatable bonds is 2. The number of hydrogen-bond acceptors (Lipinski definition) is 2. The van der Waals surface area contributed by atoms with Crippen molar-refractivity contribution in [2.45, 2.75) is 13.1 Å². The summed E-state index contributed by atoms with van der Waals surface area (Å²) in [7, 11) is 0. The summed E-state index contributed by atoms with van der Waals surface area (Å²) < 4.78 is 35.6. The molecule has 0 heterocycles. The number of halogens is 3. The number of hydrogen-bond donors (Lipinski definition) is 2. The number of aryl methyl sites for hydroxylation is 1. The highest BCUT2D eigenvalue weighted by Crippen LogP contribution is 2.21. The van der Waals surface area contributed by atoms with Crippen molar-refractivity contribution in [1.82, 2.24) is 0 Å². The van der Waals surface area contributed by atoms with Crippen LogP contribution in [0.4, 0.5) is 24.5 Å². The minimum atomic E-state index is -4.21. The van der Waals surface area contributed by atoms with Crippen LogP contribution >= 0.6 is 0 Å². The fourth-order valence-corrected chi connectivity index (χ4v) is 1.03. The summed E-state index contributed by atoms with van der Waals surface area (Å²) in [5, 5.41) is 2.29. The van der Waals surface area contributed by atoms with Gasteiger partial charge < -0.3 is 11.1 Å². The van der Waals surface area contributed by atoms with E-state index in [2.05, 4.69) is 5.32 Å². The molecule has 0 aliphatic rings. The van der Waals surface area contributed by atoms with Gasteiger partial charge >= 0.3 is 6.18 Å². The van der Waals surface area contributed by atoms with E-state index < -0.39 is 12.7 Å². The molecule has 14 heavy (non-hydrogen) atoms. The molecule has 0 fully saturated rings. The Morgan fingerprint density at radius 3 is 2.57 bits per heavy atom. The minimum absolute atomic E-state index is 0.419. The molecule has 0 bridgehead atoms. The van der Waals surface area contributed by atoms with Crippen molar-refractivity contribution in [3.63, 3.8) is 0 Å². The van der Waals surface area contributed by atoms with Crippen LogP contribution < -0.4 is 11.1 Å². The molecule has 1 aromatic carbocycles. The van der Waals surface area contributed by atoms with E-state index in [1.165, 1.54) is 6.07 Å². The Kier molecular flexibility index (Phi) is 2.88. The molecule has 3 N–H and O–H groups in total. The summed E-state index contributed by atoms with van der Waals surface area (Å²) in [6.45, 7) is 0.676. The van der Waals surface area contributed by atoms with Gasteiger partial charge in [0.15, 0.2) is 0 Å². The fourth-order valence-electron chi connectivity index (χ4n) is 1.03. The average molecular weight is 204 g/mol. The lowest BCUT2D eigenvalue weighted by atomic mass is 10.2. The van der Waals surface area contributed by atoms with Crippen LogP contribution in [0, 0.1) is 6.92 Å². The maximum Gasteiger partial charge on any atom is 0.405 e. The Morgan fingerprint density at radius 1 is 1.36 bits per heavy atom. The number of anilines is 2. The lowest BCUT2D eigenvalue weighted by Gasteiger charge is -2.12. The largest absolute Gasteiger partial charge is 0.405 e. The van der Waals surface area contributed by atoms with Gasteiger partial charge in [0, 0.05) is 11.4 Å². The zero-order valence-corrected chi connectivity index (χ0v) is 7.65. The second-order valence-electron chi connectivity index (χ2n) is 3.04. The summed E-state index contributed by atoms with van der Waals surface area (Å²) in [6.07, 6.45) is -4.21. The van der Waals surface area contributed by atoms with Crippen molar-refractivity contribution in [3.05, 3.63) is 23.8 Å². The third-order valence-electron chi connectivity index (χ3n) is 1.74. The molecule has 1 rings (SSSR count). The predicted molar refractivity (Wildman–Crippen MR) is 50.1 cm³/mol. The Bertz CT molecular complexity index is 320. The highest BCUT2D eigenvalue weighted by Gasteiger charge is 2.26. The van der Waals surface area contributed by atoms with Gasteiger partial charge in [0.2, 0.25) is 0 Å². The normalized spacial score (nSPS) is 11.4. The van der Waals surface area contributed by atoms with Gasteiger partial charge in [-0.1, -0.05) is 6.07 Å². The zero-order valence-electron chi connectivity index (χ0n) is 7.65. The summed E-state index contributed by atoms with van der Waals surface area (Å²) in [6, 6.07) is 4.81. The van der Waals surface area contributed by atoms with Crippen LogP contribution in [0.25, 0.3) is 0 Å². The van der Waals surface area contributed by atoms with Crippen LogP contribution in [0.5, 0.6) is 0 Å². The van der Waals surface area contributed by atoms with Crippen LogP contribution in [0.3, 0.4) is 0 Å². The van der Waals surface area contributed by atoms with Gasteiger partial charge in [-0.3, -0.25) is 0 Å². The fraction of sp³-hybridized carbons (Fsp3) is 0.333. The summed E-state index contributed by atoms with van der Waals surface area (Å²) in [4.78, 5) is 0. The number of alkyl halides is 3. The maximum absolute atomic E-state index is 11.9. The summed E-state index contributed by atoms with van der Waals surface area (Å²) in [5.41, 5.74) is 7.05. The molecule has 0 aliphatic heterocycles. The Labute approximate surface area is 79.9 Å². The van der Waals surface area contributed by atoms with E-state index in [0.717, 1.165) is 5.56 Å². The first-order valence-corrected chi connectivity index (χ1v) is 4.05. The molecule has 0 spiro atoms. The van der Waals surface area contributed by atoms with Crippen LogP contribution in [-0.2, 0) is 0 Å². The van der Waals surface area contributed by atoms with E-state index in [-0.39, 0.29) is 0 Å². The van der Waals surface area contributed by atoms with Crippen molar-refractivity contribution in [2.75, 3.05) is 17.6 Å². The standard InChI is InChI=1S/C9H11F3N2/c1-6-2-3-7(13)4-8(6)14-5-9(10,11)12/h2-4,14H,5,13H2,1H3. The third-order valence-corrected chi connectivity index (χ3v) is 1.74. The van der Waals surface area contributed by atoms with E-state index >= 15 is 0 Å². The smallest absolute Gasteiger partial charge is 0.399 e. The first-order chi connectivity index (χ1) is 6.38. The molecular formula is C9H11F3N2. The van der Waals surface area contributed by atoms with Gasteiger partial charge in [-0.15, -0.1) is 0 Å². The van der Waals surface area contributed by atoms with E-state index in [9.17, 15) is 13.2 Å². The van der Waals surface area contributed by atoms with E-state index in [1.807, 2.05) is 0 Å². The Hall–Kier alpha value is -1.39. The van der Waals surface area contributed by atoms with E-state index in [0.29, 0.717) is 11.4 Å². The summed E-state index contributed by atoms with van der Waals surface area (Å²) >= 11 is 0. The number of nitrogen functional groups attached to an aromatic ring is 1. The third kappa shape index (κ3) is 3.16. The molecule has 0 unspecified atom stereocenters. The first kappa shape index (κ1) is 10.7. The highest BCUT2D eigenvalue weighted by atomic mass is 19.4. The van der Waals surface area contributed by atoms with Crippen molar-refractivity contribution in [1.29, 1.82) is 0 Å². The molecular weight excluding hydrogens is 193 g/mol. The van der Waals surface area contributed by atoms with Gasteiger partial charge in [-0.2, -0.15) is 13.2 Å². The summed E-state index contributed by atoms with van der Waals surface area (Å²) in [5.74, 6) is 0. The lowest BCUT2D eigenvalue weighted by Crippen LogP contribution is -2.21. The molecule has 0 saturated carbocycles. The second kappa shape index (κ2) is 3.77. The zero-order chi connectivity index (χ0) is 10.8. The second-order valence-corrected chi connectivity index (χ2v) is 3.04. The quantitative estimate of drug-likeness (QED) is 0.726. The monoisotopic (exact) mass is 204 g/mol. The van der Waals surface area contributed by atoms with Crippen molar-refractivity contribution >= 4 is 11.4 Å². The Morgan fingerprint density at radius 2 is 2.00 bits per heavy atom. The lowest BCUT2D eigenvalue weighted by molar-refractivity contribution is -0.115. The molecule has 0 atom stereocenters. The molecule has 0 saturated heterocycles. The van der Waals surface area contributed by atoms with E-state index in [1.54, 1.807) is 19.1 Å². The number of nitrogens with two attached hydrogens (primary N) is 1. The van der Waals surface area contributed by atoms with Crippen LogP contribution in [0.1, 0.15) is 5.56 Å². The minimum Gasteiger partial charge on any atom is -0.399 e. The molecule has 5 heteroatoms. The molecule has 2 nitrogen and oxygen atoms in total. The first-order valence-electron chi connectivity index (χ1n) is 4.05. The topological polar surface area (TPSA) is 38.0 Å². The van der Waals surface area contributed by atoms with Gasteiger partial charge in [0.1, 0.15) is 6.54 Å². The Balaban J connectivity index is 2.72. The highest BCUT2D eigenvalue weighted by molar-refractivity contribution is 5.59. The maximum atomic E-state index is 11.9. The average Bonchev–Trinajstić information content (AvgIpc) is 2.05. The van der Waals surface area contributed by atoms with Crippen molar-refractivity contribution in [2.24, 2.45) is 0 Å². The van der Waals surface area contributed by atoms with Gasteiger partial charge in [0.05, 0.1) is 0 Å². The number of benzene rings is 1. The molecule has 0 aliphatic carbocycles. The SMILES string of the molecule is Cc1ccc(N)cc1NCC(F)(F)F. The van der Waals surface area contributed by atoms with Crippen molar-refractivity contribution < 1.29 is 13.2 Å². The molecule has 1 aromatic rings. The van der Waals surface area contributed by atoms with Gasteiger partial charge in [-0.25, -0.2) is 0 Å². The van der Waals surface area contributed by atoms with Crippen LogP contribution in [0.15, 0.2) is 18.2 Å². The number of nitrogens with one attached hydrogen (secondary N) is 1. The van der Waals surface area contributed by atoms with E-state index in [4.69, 9.17) is 5.73 Å². The molecule has 0 radical (unpaired) electrons. The van der Waals surface area contributed by atoms with Crippen LogP contribution in [-0.4, -0.2) is 12.7 Å². The molecule has 0 amide bonds. The molecule has 0 aromatic heterocycles. The van der Waals surface area contributed by atoms with Gasteiger partial charge in [-0.05, 0) is 24.6 Å². The van der Waals surface area contributed by atoms with Gasteiger partial charge in [0.25, 0.3) is 0 Å².